The van der Waals surface area contributed by atoms with Crippen LogP contribution in [0.1, 0.15) is 38.1 Å². The third-order valence-corrected chi connectivity index (χ3v) is 4.74. The fourth-order valence-electron chi connectivity index (χ4n) is 2.28. The molecule has 1 aromatic carbocycles. The Morgan fingerprint density at radius 2 is 1.57 bits per heavy atom. The molecule has 5 heteroatoms. The van der Waals surface area contributed by atoms with E-state index in [0.717, 1.165) is 26.2 Å². The highest BCUT2D eigenvalue weighted by atomic mass is 16.5. The van der Waals surface area contributed by atoms with E-state index in [2.05, 4.69) is 11.9 Å². The van der Waals surface area contributed by atoms with Crippen molar-refractivity contribution >= 4 is 5.91 Å². The molecule has 0 atom stereocenters. The van der Waals surface area contributed by atoms with Crippen LogP contribution in [0, 0.1) is 0 Å². The highest BCUT2D eigenvalue weighted by Crippen LogP contribution is 2.28. The van der Waals surface area contributed by atoms with Gasteiger partial charge >= 0.3 is 0 Å². The molecular weight excluding hydrogens is 292 g/mol. The van der Waals surface area contributed by atoms with E-state index in [-0.39, 0.29) is 5.91 Å². The summed E-state index contributed by atoms with van der Waals surface area (Å²) in [4.78, 5) is 16.6. The lowest BCUT2D eigenvalue weighted by Gasteiger charge is -2.37. The number of ether oxygens (including phenoxy) is 1. The Bertz CT molecular complexity index is 538. The number of carbonyl (C=O) groups is 1. The average molecular weight is 320 g/mol. The van der Waals surface area contributed by atoms with Crippen LogP contribution in [0.4, 0.5) is 0 Å². The number of aliphatic hydroxyl groups is 1. The van der Waals surface area contributed by atoms with Crippen LogP contribution in [-0.4, -0.2) is 65.2 Å². The van der Waals surface area contributed by atoms with Gasteiger partial charge in [-0.3, -0.25) is 4.79 Å². The number of piperazine rings is 1. The summed E-state index contributed by atoms with van der Waals surface area (Å²) in [6, 6.07) is 7.15. The molecule has 5 nitrogen and oxygen atoms in total. The molecule has 1 heterocycles. The standard InChI is InChI=1S/C18H28N2O3/c1-17(2,22)18(3,4)23-15-8-6-14(7-9-15)16(21)20-12-10-19(5)11-13-20/h6-9,22H,10-13H2,1-5H3. The van der Waals surface area contributed by atoms with E-state index in [0.29, 0.717) is 11.3 Å². The van der Waals surface area contributed by atoms with Crippen LogP contribution in [0.3, 0.4) is 0 Å². The van der Waals surface area contributed by atoms with E-state index in [1.54, 1.807) is 38.1 Å². The topological polar surface area (TPSA) is 53.0 Å². The van der Waals surface area contributed by atoms with E-state index in [1.807, 2.05) is 18.7 Å². The Morgan fingerprint density at radius 1 is 1.04 bits per heavy atom. The van der Waals surface area contributed by atoms with Gasteiger partial charge in [0.05, 0.1) is 5.60 Å². The zero-order chi connectivity index (χ0) is 17.3. The number of rotatable bonds is 4. The van der Waals surface area contributed by atoms with Crippen molar-refractivity contribution in [3.05, 3.63) is 29.8 Å². The molecule has 0 saturated carbocycles. The van der Waals surface area contributed by atoms with Crippen LogP contribution in [0.5, 0.6) is 5.75 Å². The first-order valence-corrected chi connectivity index (χ1v) is 8.09. The number of benzene rings is 1. The molecular formula is C18H28N2O3. The molecule has 0 aliphatic carbocycles. The minimum Gasteiger partial charge on any atom is -0.485 e. The zero-order valence-electron chi connectivity index (χ0n) is 14.8. The second-order valence-electron chi connectivity index (χ2n) is 7.29. The molecule has 0 radical (unpaired) electrons. The number of hydrogen-bond donors (Lipinski definition) is 1. The molecule has 0 spiro atoms. The number of amides is 1. The summed E-state index contributed by atoms with van der Waals surface area (Å²) in [6.07, 6.45) is 0. The van der Waals surface area contributed by atoms with Crippen molar-refractivity contribution in [3.63, 3.8) is 0 Å². The molecule has 0 aromatic heterocycles. The quantitative estimate of drug-likeness (QED) is 0.922. The Balaban J connectivity index is 2.03. The van der Waals surface area contributed by atoms with Crippen molar-refractivity contribution < 1.29 is 14.6 Å². The molecule has 1 fully saturated rings. The Kier molecular flexibility index (Phi) is 5.01. The second kappa shape index (κ2) is 6.49. The summed E-state index contributed by atoms with van der Waals surface area (Å²) < 4.78 is 5.88. The van der Waals surface area contributed by atoms with Gasteiger partial charge in [0.2, 0.25) is 0 Å². The summed E-state index contributed by atoms with van der Waals surface area (Å²) in [6.45, 7) is 10.5. The van der Waals surface area contributed by atoms with Gasteiger partial charge in [-0.1, -0.05) is 0 Å². The SMILES string of the molecule is CN1CCN(C(=O)c2ccc(OC(C)(C)C(C)(C)O)cc2)CC1. The lowest BCUT2D eigenvalue weighted by atomic mass is 9.89. The average Bonchev–Trinajstić information content (AvgIpc) is 2.46. The Morgan fingerprint density at radius 3 is 2.04 bits per heavy atom. The van der Waals surface area contributed by atoms with Gasteiger partial charge in [-0.05, 0) is 59.0 Å². The van der Waals surface area contributed by atoms with Gasteiger partial charge in [0, 0.05) is 31.7 Å². The molecule has 1 amide bonds. The smallest absolute Gasteiger partial charge is 0.253 e. The number of nitrogens with zero attached hydrogens (tertiary/aromatic N) is 2. The first-order chi connectivity index (χ1) is 10.6. The molecule has 1 aliphatic rings. The van der Waals surface area contributed by atoms with Gasteiger partial charge in [-0.15, -0.1) is 0 Å². The van der Waals surface area contributed by atoms with Crippen LogP contribution in [-0.2, 0) is 0 Å². The predicted octanol–water partition coefficient (Wildman–Crippen LogP) is 2.00. The van der Waals surface area contributed by atoms with E-state index in [1.165, 1.54) is 0 Å². The fraction of sp³-hybridized carbons (Fsp3) is 0.611. The maximum Gasteiger partial charge on any atom is 0.253 e. The monoisotopic (exact) mass is 320 g/mol. The minimum absolute atomic E-state index is 0.0615. The third kappa shape index (κ3) is 4.24. The van der Waals surface area contributed by atoms with Gasteiger partial charge in [-0.25, -0.2) is 0 Å². The second-order valence-corrected chi connectivity index (χ2v) is 7.29. The van der Waals surface area contributed by atoms with E-state index < -0.39 is 11.2 Å². The van der Waals surface area contributed by atoms with Crippen molar-refractivity contribution in [3.8, 4) is 5.75 Å². The maximum absolute atomic E-state index is 12.5. The van der Waals surface area contributed by atoms with E-state index >= 15 is 0 Å². The summed E-state index contributed by atoms with van der Waals surface area (Å²) in [5, 5.41) is 10.2. The fourth-order valence-corrected chi connectivity index (χ4v) is 2.28. The number of likely N-dealkylation sites (N-methyl/N-ethyl adjacent to an activating group) is 1. The summed E-state index contributed by atoms with van der Waals surface area (Å²) in [5.74, 6) is 0.707. The highest BCUT2D eigenvalue weighted by molar-refractivity contribution is 5.94. The highest BCUT2D eigenvalue weighted by Gasteiger charge is 2.37. The van der Waals surface area contributed by atoms with Crippen LogP contribution in [0.2, 0.25) is 0 Å². The van der Waals surface area contributed by atoms with Crippen molar-refractivity contribution in [1.29, 1.82) is 0 Å². The lowest BCUT2D eigenvalue weighted by molar-refractivity contribution is -0.0906. The predicted molar refractivity (Wildman–Crippen MR) is 90.8 cm³/mol. The van der Waals surface area contributed by atoms with Gasteiger partial charge < -0.3 is 19.6 Å². The molecule has 23 heavy (non-hydrogen) atoms. The molecule has 128 valence electrons. The molecule has 0 bridgehead atoms. The summed E-state index contributed by atoms with van der Waals surface area (Å²) in [7, 11) is 2.07. The first-order valence-electron chi connectivity index (χ1n) is 8.09. The Labute approximate surface area is 138 Å². The van der Waals surface area contributed by atoms with Crippen LogP contribution < -0.4 is 4.74 Å². The lowest BCUT2D eigenvalue weighted by Crippen LogP contribution is -2.49. The van der Waals surface area contributed by atoms with Crippen LogP contribution in [0.15, 0.2) is 24.3 Å². The summed E-state index contributed by atoms with van der Waals surface area (Å²) in [5.41, 5.74) is -1.03. The molecule has 1 N–H and O–H groups in total. The molecule has 2 rings (SSSR count). The molecule has 1 aromatic rings. The maximum atomic E-state index is 12.5. The molecule has 1 aliphatic heterocycles. The van der Waals surface area contributed by atoms with Crippen LogP contribution >= 0.6 is 0 Å². The van der Waals surface area contributed by atoms with E-state index in [4.69, 9.17) is 4.74 Å². The van der Waals surface area contributed by atoms with Gasteiger partial charge in [-0.2, -0.15) is 0 Å². The molecule has 0 unspecified atom stereocenters. The zero-order valence-corrected chi connectivity index (χ0v) is 14.8. The third-order valence-electron chi connectivity index (χ3n) is 4.74. The van der Waals surface area contributed by atoms with Crippen molar-refractivity contribution in [1.82, 2.24) is 9.80 Å². The Hall–Kier alpha value is -1.59. The van der Waals surface area contributed by atoms with Crippen LogP contribution in [0.25, 0.3) is 0 Å². The van der Waals surface area contributed by atoms with E-state index in [9.17, 15) is 9.90 Å². The minimum atomic E-state index is -0.971. The first kappa shape index (κ1) is 17.8. The molecule has 1 saturated heterocycles. The van der Waals surface area contributed by atoms with Crippen molar-refractivity contribution in [2.24, 2.45) is 0 Å². The van der Waals surface area contributed by atoms with Gasteiger partial charge in [0.1, 0.15) is 11.4 Å². The summed E-state index contributed by atoms with van der Waals surface area (Å²) >= 11 is 0. The normalized spacial score (nSPS) is 17.2. The van der Waals surface area contributed by atoms with Crippen molar-refractivity contribution in [2.45, 2.75) is 38.9 Å². The number of hydrogen-bond acceptors (Lipinski definition) is 4. The van der Waals surface area contributed by atoms with Crippen molar-refractivity contribution in [2.75, 3.05) is 33.2 Å². The largest absolute Gasteiger partial charge is 0.485 e. The number of carbonyl (C=O) groups excluding carboxylic acids is 1. The van der Waals surface area contributed by atoms with Gasteiger partial charge in [0.15, 0.2) is 0 Å². The van der Waals surface area contributed by atoms with Gasteiger partial charge in [0.25, 0.3) is 5.91 Å².